The van der Waals surface area contributed by atoms with Gasteiger partial charge in [-0.3, -0.25) is 0 Å². The summed E-state index contributed by atoms with van der Waals surface area (Å²) in [6.07, 6.45) is 5.93. The zero-order valence-corrected chi connectivity index (χ0v) is 26.6. The van der Waals surface area contributed by atoms with Gasteiger partial charge in [0.25, 0.3) is 0 Å². The van der Waals surface area contributed by atoms with E-state index in [4.69, 9.17) is 20.2 Å². The summed E-state index contributed by atoms with van der Waals surface area (Å²) in [5.41, 5.74) is 9.69. The molecule has 45 heavy (non-hydrogen) atoms. The molecule has 3 N–H and O–H groups in total. The first kappa shape index (κ1) is 32.4. The molecule has 0 radical (unpaired) electrons. The fourth-order valence-electron chi connectivity index (χ4n) is 6.10. The van der Waals surface area contributed by atoms with Crippen molar-refractivity contribution in [3.05, 3.63) is 59.7 Å². The number of hydrogen-bond donors (Lipinski definition) is 2. The number of carbonyl (C=O) groups is 1. The number of nitrogens with zero attached hydrogens (tertiary/aromatic N) is 5. The van der Waals surface area contributed by atoms with Crippen LogP contribution in [-0.4, -0.2) is 83.4 Å². The minimum absolute atomic E-state index is 0.118. The fraction of sp³-hybridized carbons (Fsp3) is 0.500. The number of ether oxygens (including phenoxy) is 2. The van der Waals surface area contributed by atoms with E-state index in [2.05, 4.69) is 25.8 Å². The van der Waals surface area contributed by atoms with Crippen LogP contribution in [0.3, 0.4) is 0 Å². The number of rotatable bonds is 15. The van der Waals surface area contributed by atoms with E-state index in [1.165, 1.54) is 25.3 Å². The Morgan fingerprint density at radius 2 is 1.91 bits per heavy atom. The summed E-state index contributed by atoms with van der Waals surface area (Å²) in [4.78, 5) is 27.1. The van der Waals surface area contributed by atoms with Gasteiger partial charge < -0.3 is 34.9 Å². The van der Waals surface area contributed by atoms with Gasteiger partial charge in [0.1, 0.15) is 11.3 Å². The predicted molar refractivity (Wildman–Crippen MR) is 176 cm³/mol. The Balaban J connectivity index is 1.30. The Labute approximate surface area is 264 Å². The lowest BCUT2D eigenvalue weighted by molar-refractivity contribution is 0.187. The lowest BCUT2D eigenvalue weighted by Crippen LogP contribution is -2.44. The average molecular weight is 620 g/mol. The third-order valence-electron chi connectivity index (χ3n) is 8.39. The van der Waals surface area contributed by atoms with Gasteiger partial charge in [-0.15, -0.1) is 0 Å². The van der Waals surface area contributed by atoms with E-state index in [9.17, 15) is 9.18 Å². The molecule has 2 aromatic heterocycles. The number of unbranched alkanes of at least 4 members (excludes halogenated alkanes) is 1. The number of para-hydroxylation sites is 1. The molecule has 5 rings (SSSR count). The summed E-state index contributed by atoms with van der Waals surface area (Å²) in [7, 11) is 1.68. The number of amides is 2. The molecular weight excluding hydrogens is 573 g/mol. The summed E-state index contributed by atoms with van der Waals surface area (Å²) in [5.74, 6) is 1.12. The van der Waals surface area contributed by atoms with E-state index in [1.807, 2.05) is 30.0 Å². The van der Waals surface area contributed by atoms with Crippen LogP contribution < -0.4 is 15.8 Å². The van der Waals surface area contributed by atoms with Crippen molar-refractivity contribution in [3.63, 3.8) is 0 Å². The summed E-state index contributed by atoms with van der Waals surface area (Å²) < 4.78 is 27.3. The number of imidazole rings is 1. The van der Waals surface area contributed by atoms with Gasteiger partial charge in [0, 0.05) is 51.6 Å². The second-order valence-electron chi connectivity index (χ2n) is 11.6. The van der Waals surface area contributed by atoms with Crippen molar-refractivity contribution >= 4 is 33.8 Å². The number of nitrogens with one attached hydrogen (secondary N) is 1. The highest BCUT2D eigenvalue weighted by atomic mass is 19.1. The molecule has 0 bridgehead atoms. The van der Waals surface area contributed by atoms with Gasteiger partial charge in [-0.25, -0.2) is 19.2 Å². The van der Waals surface area contributed by atoms with E-state index in [0.717, 1.165) is 60.3 Å². The number of aromatic nitrogens is 3. The summed E-state index contributed by atoms with van der Waals surface area (Å²) >= 11 is 0. The predicted octanol–water partition coefficient (Wildman–Crippen LogP) is 5.37. The number of fused-ring (bicyclic) bond motifs is 3. The third-order valence-corrected chi connectivity index (χ3v) is 8.39. The monoisotopic (exact) mass is 619 g/mol. The molecule has 242 valence electrons. The van der Waals surface area contributed by atoms with E-state index in [1.54, 1.807) is 19.2 Å². The second-order valence-corrected chi connectivity index (χ2v) is 11.6. The van der Waals surface area contributed by atoms with Crippen LogP contribution in [0, 0.1) is 5.82 Å². The Kier molecular flexibility index (Phi) is 11.4. The lowest BCUT2D eigenvalue weighted by atomic mass is 10.1. The fourth-order valence-corrected chi connectivity index (χ4v) is 6.10. The van der Waals surface area contributed by atoms with Crippen LogP contribution in [0.4, 0.5) is 15.0 Å². The van der Waals surface area contributed by atoms with Gasteiger partial charge in [0.05, 0.1) is 24.2 Å². The first-order valence-corrected chi connectivity index (χ1v) is 16.2. The molecule has 11 heteroatoms. The molecule has 2 aromatic carbocycles. The number of piperidine rings is 1. The van der Waals surface area contributed by atoms with Gasteiger partial charge in [0.15, 0.2) is 17.4 Å². The van der Waals surface area contributed by atoms with E-state index in [-0.39, 0.29) is 11.8 Å². The zero-order valence-electron chi connectivity index (χ0n) is 26.6. The molecule has 0 spiro atoms. The SMILES string of the molecule is CCOc1cc(CN(CCCCn2c(CCOC)nc3c(N)nc4ccccc4c32)C(=O)NCCN2CCCCC2)ccc1F. The molecule has 3 heterocycles. The number of aryl methyl sites for hydroxylation is 1. The molecular formula is C34H46FN7O3. The number of benzene rings is 2. The van der Waals surface area contributed by atoms with Crippen LogP contribution in [0.1, 0.15) is 50.4 Å². The van der Waals surface area contributed by atoms with Crippen molar-refractivity contribution in [1.29, 1.82) is 0 Å². The molecule has 10 nitrogen and oxygen atoms in total. The highest BCUT2D eigenvalue weighted by molar-refractivity contribution is 6.06. The summed E-state index contributed by atoms with van der Waals surface area (Å²) in [6.45, 7) is 7.95. The second kappa shape index (κ2) is 15.9. The third kappa shape index (κ3) is 8.20. The number of nitrogens with two attached hydrogens (primary N) is 1. The Bertz CT molecular complexity index is 1570. The van der Waals surface area contributed by atoms with Gasteiger partial charge in [-0.05, 0) is 69.5 Å². The molecule has 1 fully saturated rings. The Morgan fingerprint density at radius 1 is 1.09 bits per heavy atom. The van der Waals surface area contributed by atoms with Crippen LogP contribution in [-0.2, 0) is 24.2 Å². The first-order valence-electron chi connectivity index (χ1n) is 16.2. The molecule has 4 aromatic rings. The quantitative estimate of drug-likeness (QED) is 0.172. The maximum atomic E-state index is 14.3. The maximum absolute atomic E-state index is 14.3. The number of hydrogen-bond acceptors (Lipinski definition) is 7. The van der Waals surface area contributed by atoms with Crippen molar-refractivity contribution in [2.24, 2.45) is 0 Å². The molecule has 1 saturated heterocycles. The van der Waals surface area contributed by atoms with Crippen LogP contribution in [0.2, 0.25) is 0 Å². The van der Waals surface area contributed by atoms with Crippen LogP contribution in [0.25, 0.3) is 21.9 Å². The number of carbonyl (C=O) groups excluding carboxylic acids is 1. The topological polar surface area (TPSA) is 111 Å². The van der Waals surface area contributed by atoms with Crippen molar-refractivity contribution < 1.29 is 18.7 Å². The maximum Gasteiger partial charge on any atom is 0.317 e. The van der Waals surface area contributed by atoms with Crippen molar-refractivity contribution in [3.8, 4) is 5.75 Å². The number of methoxy groups -OCH3 is 1. The Morgan fingerprint density at radius 3 is 2.71 bits per heavy atom. The largest absolute Gasteiger partial charge is 0.491 e. The lowest BCUT2D eigenvalue weighted by Gasteiger charge is -2.28. The number of urea groups is 1. The number of nitrogen functional groups attached to an aromatic ring is 1. The van der Waals surface area contributed by atoms with Gasteiger partial charge >= 0.3 is 6.03 Å². The smallest absolute Gasteiger partial charge is 0.317 e. The molecule has 0 unspecified atom stereocenters. The van der Waals surface area contributed by atoms with E-state index in [0.29, 0.717) is 57.1 Å². The van der Waals surface area contributed by atoms with E-state index < -0.39 is 5.82 Å². The van der Waals surface area contributed by atoms with E-state index >= 15 is 0 Å². The van der Waals surface area contributed by atoms with Crippen molar-refractivity contribution in [1.82, 2.24) is 29.7 Å². The minimum Gasteiger partial charge on any atom is -0.491 e. The molecule has 0 atom stereocenters. The van der Waals surface area contributed by atoms with Gasteiger partial charge in [0.2, 0.25) is 0 Å². The average Bonchev–Trinajstić information content (AvgIpc) is 3.42. The standard InChI is InChI=1S/C34H46FN7O3/c1-3-45-29-23-25(13-14-27(29)35)24-41(34(43)37-16-21-40-17-7-4-8-18-40)19-9-10-20-42-30(15-22-44-2)39-31-32(42)26-11-5-6-12-28(26)38-33(31)36/h5-6,11-14,23H,3-4,7-10,15-22,24H2,1-2H3,(H2,36,38)(H,37,43). The molecule has 1 aliphatic heterocycles. The van der Waals surface area contributed by atoms with Crippen molar-refractivity contribution in [2.75, 3.05) is 58.8 Å². The van der Waals surface area contributed by atoms with Gasteiger partial charge in [-0.1, -0.05) is 30.7 Å². The number of halogens is 1. The molecule has 1 aliphatic rings. The van der Waals surface area contributed by atoms with Crippen LogP contribution in [0.15, 0.2) is 42.5 Å². The molecule has 0 saturated carbocycles. The number of anilines is 1. The van der Waals surface area contributed by atoms with Crippen LogP contribution >= 0.6 is 0 Å². The Hall–Kier alpha value is -3.96. The number of pyridine rings is 1. The molecule has 0 aliphatic carbocycles. The summed E-state index contributed by atoms with van der Waals surface area (Å²) in [6, 6.07) is 12.7. The number of likely N-dealkylation sites (tertiary alicyclic amines) is 1. The highest BCUT2D eigenvalue weighted by Crippen LogP contribution is 2.29. The van der Waals surface area contributed by atoms with Crippen LogP contribution in [0.5, 0.6) is 5.75 Å². The summed E-state index contributed by atoms with van der Waals surface area (Å²) in [5, 5.41) is 4.14. The normalized spacial score (nSPS) is 13.8. The molecule has 2 amide bonds. The highest BCUT2D eigenvalue weighted by Gasteiger charge is 2.19. The van der Waals surface area contributed by atoms with Crippen molar-refractivity contribution in [2.45, 2.75) is 58.5 Å². The first-order chi connectivity index (χ1) is 22.0. The van der Waals surface area contributed by atoms with Gasteiger partial charge in [-0.2, -0.15) is 0 Å². The minimum atomic E-state index is -0.404. The zero-order chi connectivity index (χ0) is 31.6.